The Morgan fingerprint density at radius 1 is 1.62 bits per heavy atom. The smallest absolute Gasteiger partial charge is 0.407 e. The first-order valence-corrected chi connectivity index (χ1v) is 6.58. The van der Waals surface area contributed by atoms with Gasteiger partial charge in [0.15, 0.2) is 0 Å². The lowest BCUT2D eigenvalue weighted by Gasteiger charge is -2.23. The maximum Gasteiger partial charge on any atom is 0.407 e. The molecule has 0 fully saturated rings. The lowest BCUT2D eigenvalue weighted by atomic mass is 9.94. The molecule has 0 saturated heterocycles. The molecule has 88 valence electrons. The maximum atomic E-state index is 11.5. The Balaban J connectivity index is 2.00. The van der Waals surface area contributed by atoms with Crippen molar-refractivity contribution in [2.75, 3.05) is 0 Å². The van der Waals surface area contributed by atoms with Crippen LogP contribution in [0.15, 0.2) is 11.4 Å². The molecule has 0 aliphatic heterocycles. The minimum absolute atomic E-state index is 0.0643. The lowest BCUT2D eigenvalue weighted by molar-refractivity contribution is 0.111. The van der Waals surface area contributed by atoms with Gasteiger partial charge in [-0.05, 0) is 50.1 Å². The highest BCUT2D eigenvalue weighted by Crippen LogP contribution is 2.33. The van der Waals surface area contributed by atoms with Crippen molar-refractivity contribution in [1.29, 1.82) is 0 Å². The summed E-state index contributed by atoms with van der Waals surface area (Å²) in [4.78, 5) is 12.9. The molecular weight excluding hydrogens is 222 g/mol. The fourth-order valence-electron chi connectivity index (χ4n) is 2.03. The van der Waals surface area contributed by atoms with Crippen molar-refractivity contribution in [3.8, 4) is 0 Å². The van der Waals surface area contributed by atoms with E-state index in [1.165, 1.54) is 10.4 Å². The lowest BCUT2D eigenvalue weighted by Crippen LogP contribution is -2.32. The Morgan fingerprint density at radius 2 is 2.44 bits per heavy atom. The van der Waals surface area contributed by atoms with Crippen LogP contribution in [0, 0.1) is 0 Å². The van der Waals surface area contributed by atoms with E-state index in [0.29, 0.717) is 0 Å². The third-order valence-electron chi connectivity index (χ3n) is 2.69. The minimum Gasteiger partial charge on any atom is -0.447 e. The van der Waals surface area contributed by atoms with Crippen LogP contribution >= 0.6 is 11.3 Å². The number of thiophene rings is 1. The van der Waals surface area contributed by atoms with Gasteiger partial charge in [-0.15, -0.1) is 11.3 Å². The molecule has 3 nitrogen and oxygen atoms in total. The number of hydrogen-bond donors (Lipinski definition) is 1. The van der Waals surface area contributed by atoms with Crippen molar-refractivity contribution in [3.05, 3.63) is 21.9 Å². The number of amides is 1. The van der Waals surface area contributed by atoms with Gasteiger partial charge in [-0.25, -0.2) is 4.79 Å². The molecule has 1 N–H and O–H groups in total. The summed E-state index contributed by atoms with van der Waals surface area (Å²) in [7, 11) is 0. The van der Waals surface area contributed by atoms with E-state index >= 15 is 0 Å². The van der Waals surface area contributed by atoms with Crippen molar-refractivity contribution in [2.24, 2.45) is 0 Å². The molecule has 1 amide bonds. The van der Waals surface area contributed by atoms with Crippen LogP contribution in [-0.4, -0.2) is 12.2 Å². The predicted molar refractivity (Wildman–Crippen MR) is 64.8 cm³/mol. The molecule has 1 aliphatic rings. The second-order valence-corrected chi connectivity index (χ2v) is 5.34. The number of hydrogen-bond acceptors (Lipinski definition) is 3. The number of fused-ring (bicyclic) bond motifs is 1. The molecule has 1 unspecified atom stereocenters. The average Bonchev–Trinajstić information content (AvgIpc) is 2.65. The first-order chi connectivity index (χ1) is 7.66. The quantitative estimate of drug-likeness (QED) is 0.860. The molecule has 1 aromatic rings. The highest BCUT2D eigenvalue weighted by molar-refractivity contribution is 7.10. The first-order valence-electron chi connectivity index (χ1n) is 5.70. The van der Waals surface area contributed by atoms with Crippen LogP contribution in [0.2, 0.25) is 0 Å². The Morgan fingerprint density at radius 3 is 3.19 bits per heavy atom. The summed E-state index contributed by atoms with van der Waals surface area (Å²) in [6, 6.07) is 2.25. The summed E-state index contributed by atoms with van der Waals surface area (Å²) in [5, 5.41) is 5.03. The van der Waals surface area contributed by atoms with Crippen LogP contribution in [0.5, 0.6) is 0 Å². The number of carbonyl (C=O) groups excluding carboxylic acids is 1. The second-order valence-electron chi connectivity index (χ2n) is 4.34. The monoisotopic (exact) mass is 239 g/mol. The van der Waals surface area contributed by atoms with Gasteiger partial charge < -0.3 is 10.1 Å². The Hall–Kier alpha value is -1.03. The van der Waals surface area contributed by atoms with Gasteiger partial charge in [-0.2, -0.15) is 0 Å². The fourth-order valence-corrected chi connectivity index (χ4v) is 3.01. The van der Waals surface area contributed by atoms with Gasteiger partial charge >= 0.3 is 6.09 Å². The number of alkyl carbamates (subject to hydrolysis) is 1. The van der Waals surface area contributed by atoms with Gasteiger partial charge in [-0.3, -0.25) is 0 Å². The van der Waals surface area contributed by atoms with Crippen molar-refractivity contribution in [3.63, 3.8) is 0 Å². The molecular formula is C12H17NO2S. The summed E-state index contributed by atoms with van der Waals surface area (Å²) < 4.78 is 5.10. The molecule has 1 atom stereocenters. The largest absolute Gasteiger partial charge is 0.447 e. The van der Waals surface area contributed by atoms with Crippen molar-refractivity contribution < 1.29 is 9.53 Å². The van der Waals surface area contributed by atoms with Crippen LogP contribution in [0.4, 0.5) is 4.79 Å². The van der Waals surface area contributed by atoms with E-state index in [4.69, 9.17) is 4.74 Å². The number of carbonyl (C=O) groups is 1. The zero-order valence-electron chi connectivity index (χ0n) is 9.66. The standard InChI is InChI=1S/C12H17NO2S/c1-8(2)15-12(14)13-10-4-3-5-11-9(10)6-7-16-11/h6-8,10H,3-5H2,1-2H3,(H,13,14). The second kappa shape index (κ2) is 4.87. The van der Waals surface area contributed by atoms with Gasteiger partial charge in [0.1, 0.15) is 0 Å². The number of nitrogens with one attached hydrogen (secondary N) is 1. The predicted octanol–water partition coefficient (Wildman–Crippen LogP) is 3.26. The molecule has 1 aliphatic carbocycles. The molecule has 1 heterocycles. The molecule has 0 bridgehead atoms. The Bertz CT molecular complexity index is 373. The van der Waals surface area contributed by atoms with E-state index in [0.717, 1.165) is 19.3 Å². The highest BCUT2D eigenvalue weighted by atomic mass is 32.1. The molecule has 16 heavy (non-hydrogen) atoms. The van der Waals surface area contributed by atoms with Crippen LogP contribution < -0.4 is 5.32 Å². The van der Waals surface area contributed by atoms with Crippen LogP contribution in [0.25, 0.3) is 0 Å². The van der Waals surface area contributed by atoms with Crippen molar-refractivity contribution >= 4 is 17.4 Å². The fraction of sp³-hybridized carbons (Fsp3) is 0.583. The van der Waals surface area contributed by atoms with E-state index < -0.39 is 0 Å². The maximum absolute atomic E-state index is 11.5. The van der Waals surface area contributed by atoms with Crippen LogP contribution in [-0.2, 0) is 11.2 Å². The van der Waals surface area contributed by atoms with Gasteiger partial charge in [-0.1, -0.05) is 0 Å². The zero-order chi connectivity index (χ0) is 11.5. The van der Waals surface area contributed by atoms with Crippen LogP contribution in [0.3, 0.4) is 0 Å². The van der Waals surface area contributed by atoms with Gasteiger partial charge in [0.2, 0.25) is 0 Å². The molecule has 2 rings (SSSR count). The zero-order valence-corrected chi connectivity index (χ0v) is 10.5. The summed E-state index contributed by atoms with van der Waals surface area (Å²) in [5.74, 6) is 0. The molecule has 1 aromatic heterocycles. The normalized spacial score (nSPS) is 19.3. The Kier molecular flexibility index (Phi) is 3.49. The van der Waals surface area contributed by atoms with E-state index in [1.807, 2.05) is 13.8 Å². The SMILES string of the molecule is CC(C)OC(=O)NC1CCCc2sccc21. The first kappa shape index (κ1) is 11.5. The number of aryl methyl sites for hydroxylation is 1. The van der Waals surface area contributed by atoms with Gasteiger partial charge in [0.25, 0.3) is 0 Å². The topological polar surface area (TPSA) is 38.3 Å². The van der Waals surface area contributed by atoms with E-state index in [-0.39, 0.29) is 18.2 Å². The summed E-state index contributed by atoms with van der Waals surface area (Å²) in [5.41, 5.74) is 1.27. The molecule has 4 heteroatoms. The number of rotatable bonds is 2. The third-order valence-corrected chi connectivity index (χ3v) is 3.68. The Labute approximate surface area is 99.8 Å². The molecule has 0 radical (unpaired) electrons. The summed E-state index contributed by atoms with van der Waals surface area (Å²) >= 11 is 1.78. The molecule has 0 saturated carbocycles. The highest BCUT2D eigenvalue weighted by Gasteiger charge is 2.23. The van der Waals surface area contributed by atoms with Crippen molar-refractivity contribution in [1.82, 2.24) is 5.32 Å². The minimum atomic E-state index is -0.306. The van der Waals surface area contributed by atoms with E-state index in [9.17, 15) is 4.79 Å². The van der Waals surface area contributed by atoms with Gasteiger partial charge in [0.05, 0.1) is 12.1 Å². The summed E-state index contributed by atoms with van der Waals surface area (Å²) in [6.07, 6.45) is 2.92. The number of ether oxygens (including phenoxy) is 1. The van der Waals surface area contributed by atoms with E-state index in [2.05, 4.69) is 16.8 Å². The summed E-state index contributed by atoms with van der Waals surface area (Å²) in [6.45, 7) is 3.72. The third kappa shape index (κ3) is 2.55. The average molecular weight is 239 g/mol. The molecule has 0 spiro atoms. The van der Waals surface area contributed by atoms with Crippen LogP contribution in [0.1, 0.15) is 43.2 Å². The molecule has 0 aromatic carbocycles. The van der Waals surface area contributed by atoms with Crippen molar-refractivity contribution in [2.45, 2.75) is 45.3 Å². The van der Waals surface area contributed by atoms with Gasteiger partial charge in [0, 0.05) is 4.88 Å². The van der Waals surface area contributed by atoms with E-state index in [1.54, 1.807) is 11.3 Å².